The van der Waals surface area contributed by atoms with Crippen LogP contribution in [0.25, 0.3) is 21.7 Å². The zero-order valence-electron chi connectivity index (χ0n) is 20.9. The minimum absolute atomic E-state index is 0.221. The minimum Gasteiger partial charge on any atom is -0.496 e. The van der Waals surface area contributed by atoms with E-state index in [0.29, 0.717) is 46.0 Å². The molecule has 2 amide bonds. The summed E-state index contributed by atoms with van der Waals surface area (Å²) in [6.45, 7) is 2.50. The fourth-order valence-electron chi connectivity index (χ4n) is 4.25. The summed E-state index contributed by atoms with van der Waals surface area (Å²) in [6, 6.07) is 23.2. The number of methoxy groups -OCH3 is 1. The fourth-order valence-corrected chi connectivity index (χ4v) is 4.25. The summed E-state index contributed by atoms with van der Waals surface area (Å²) < 4.78 is 16.9. The Morgan fingerprint density at radius 2 is 1.66 bits per heavy atom. The Morgan fingerprint density at radius 3 is 2.39 bits per heavy atom. The third-order valence-corrected chi connectivity index (χ3v) is 6.04. The van der Waals surface area contributed by atoms with Gasteiger partial charge in [0.1, 0.15) is 23.0 Å². The largest absolute Gasteiger partial charge is 0.496 e. The lowest BCUT2D eigenvalue weighted by atomic mass is 10.0. The third-order valence-electron chi connectivity index (χ3n) is 6.04. The number of fused-ring (bicyclic) bond motifs is 2. The maximum absolute atomic E-state index is 13.1. The summed E-state index contributed by atoms with van der Waals surface area (Å²) in [5, 5.41) is 5.17. The van der Waals surface area contributed by atoms with Crippen molar-refractivity contribution < 1.29 is 23.8 Å². The first-order chi connectivity index (χ1) is 18.5. The van der Waals surface area contributed by atoms with E-state index in [1.54, 1.807) is 48.7 Å². The van der Waals surface area contributed by atoms with Gasteiger partial charge < -0.3 is 25.3 Å². The van der Waals surface area contributed by atoms with Crippen molar-refractivity contribution in [3.63, 3.8) is 0 Å². The van der Waals surface area contributed by atoms with Gasteiger partial charge in [-0.3, -0.25) is 14.6 Å². The van der Waals surface area contributed by atoms with E-state index >= 15 is 0 Å². The molecule has 8 nitrogen and oxygen atoms in total. The van der Waals surface area contributed by atoms with Crippen LogP contribution in [-0.4, -0.2) is 30.5 Å². The fraction of sp³-hybridized carbons (Fsp3) is 0.100. The molecule has 190 valence electrons. The Hall–Kier alpha value is -5.11. The second-order valence-electron chi connectivity index (χ2n) is 8.45. The molecule has 8 heteroatoms. The molecular formula is C30H25N3O5. The van der Waals surface area contributed by atoms with Crippen molar-refractivity contribution in [3.8, 4) is 23.0 Å². The van der Waals surface area contributed by atoms with Crippen LogP contribution in [0.1, 0.15) is 27.6 Å². The van der Waals surface area contributed by atoms with Crippen molar-refractivity contribution in [2.75, 3.05) is 19.0 Å². The molecule has 1 heterocycles. The highest BCUT2D eigenvalue weighted by Crippen LogP contribution is 2.34. The number of nitrogens with one attached hydrogen (secondary N) is 1. The molecule has 0 spiro atoms. The molecule has 38 heavy (non-hydrogen) atoms. The van der Waals surface area contributed by atoms with E-state index in [9.17, 15) is 9.59 Å². The Bertz CT molecular complexity index is 1670. The monoisotopic (exact) mass is 507 g/mol. The number of benzene rings is 4. The molecule has 0 bridgehead atoms. The summed E-state index contributed by atoms with van der Waals surface area (Å²) in [6.07, 6.45) is 1.62. The number of ether oxygens (including phenoxy) is 3. The number of nitrogens with zero attached hydrogens (tertiary/aromatic N) is 1. The van der Waals surface area contributed by atoms with Crippen LogP contribution in [0.4, 0.5) is 5.69 Å². The summed E-state index contributed by atoms with van der Waals surface area (Å²) in [7, 11) is 1.47. The number of rotatable bonds is 8. The highest BCUT2D eigenvalue weighted by atomic mass is 16.5. The number of primary amides is 1. The maximum Gasteiger partial charge on any atom is 0.256 e. The summed E-state index contributed by atoms with van der Waals surface area (Å²) in [4.78, 5) is 29.4. The van der Waals surface area contributed by atoms with Crippen molar-refractivity contribution in [1.82, 2.24) is 4.98 Å². The molecule has 5 aromatic rings. The van der Waals surface area contributed by atoms with Gasteiger partial charge in [0.2, 0.25) is 0 Å². The molecular weight excluding hydrogens is 482 g/mol. The number of amides is 2. The molecule has 0 radical (unpaired) electrons. The SMILES string of the molecule is CCOc1ccc(NC(=O)c2cccc3cc(Oc4ccnc5cc(OC)c(C(N)=O)cc45)ccc23)cc1. The van der Waals surface area contributed by atoms with Gasteiger partial charge in [-0.05, 0) is 78.4 Å². The molecule has 1 aromatic heterocycles. The van der Waals surface area contributed by atoms with Crippen LogP contribution in [0.3, 0.4) is 0 Å². The lowest BCUT2D eigenvalue weighted by Crippen LogP contribution is -2.12. The molecule has 0 aliphatic heterocycles. The van der Waals surface area contributed by atoms with Gasteiger partial charge in [0.05, 0.1) is 24.8 Å². The van der Waals surface area contributed by atoms with Gasteiger partial charge in [-0.25, -0.2) is 0 Å². The van der Waals surface area contributed by atoms with Gasteiger partial charge in [0.25, 0.3) is 11.8 Å². The van der Waals surface area contributed by atoms with Crippen LogP contribution < -0.4 is 25.3 Å². The number of aromatic nitrogens is 1. The van der Waals surface area contributed by atoms with Crippen LogP contribution in [0.5, 0.6) is 23.0 Å². The van der Waals surface area contributed by atoms with Gasteiger partial charge in [-0.2, -0.15) is 0 Å². The first kappa shape index (κ1) is 24.6. The molecule has 0 aliphatic rings. The van der Waals surface area contributed by atoms with E-state index < -0.39 is 5.91 Å². The van der Waals surface area contributed by atoms with E-state index in [2.05, 4.69) is 10.3 Å². The highest BCUT2D eigenvalue weighted by molar-refractivity contribution is 6.13. The van der Waals surface area contributed by atoms with Crippen LogP contribution in [-0.2, 0) is 0 Å². The zero-order valence-corrected chi connectivity index (χ0v) is 20.9. The number of carbonyl (C=O) groups excluding carboxylic acids is 2. The van der Waals surface area contributed by atoms with Gasteiger partial charge in [-0.1, -0.05) is 12.1 Å². The maximum atomic E-state index is 13.1. The summed E-state index contributed by atoms with van der Waals surface area (Å²) >= 11 is 0. The van der Waals surface area contributed by atoms with Gasteiger partial charge >= 0.3 is 0 Å². The second kappa shape index (κ2) is 10.5. The molecule has 0 fully saturated rings. The zero-order chi connectivity index (χ0) is 26.6. The van der Waals surface area contributed by atoms with Crippen molar-refractivity contribution >= 4 is 39.2 Å². The van der Waals surface area contributed by atoms with E-state index in [1.807, 2.05) is 43.3 Å². The Balaban J connectivity index is 1.43. The van der Waals surface area contributed by atoms with Crippen LogP contribution >= 0.6 is 0 Å². The number of carbonyl (C=O) groups is 2. The van der Waals surface area contributed by atoms with Crippen LogP contribution in [0.2, 0.25) is 0 Å². The Kier molecular flexibility index (Phi) is 6.78. The second-order valence-corrected chi connectivity index (χ2v) is 8.45. The highest BCUT2D eigenvalue weighted by Gasteiger charge is 2.15. The lowest BCUT2D eigenvalue weighted by molar-refractivity contribution is 0.0995. The lowest BCUT2D eigenvalue weighted by Gasteiger charge is -2.13. The van der Waals surface area contributed by atoms with E-state index in [1.165, 1.54) is 7.11 Å². The first-order valence-electron chi connectivity index (χ1n) is 12.0. The Labute approximate surface area is 219 Å². The van der Waals surface area contributed by atoms with E-state index in [0.717, 1.165) is 16.5 Å². The quantitative estimate of drug-likeness (QED) is 0.269. The standard InChI is InChI=1S/C30H25N3O5/c1-3-37-20-9-7-19(8-10-20)33-30(35)23-6-4-5-18-15-21(11-12-22(18)23)38-27-13-14-32-26-17-28(36-2)25(29(31)34)16-24(26)27/h4-17H,3H2,1-2H3,(H2,31,34)(H,33,35). The van der Waals surface area contributed by atoms with E-state index in [4.69, 9.17) is 19.9 Å². The van der Waals surface area contributed by atoms with Crippen molar-refractivity contribution in [3.05, 3.63) is 96.2 Å². The van der Waals surface area contributed by atoms with Crippen LogP contribution in [0, 0.1) is 0 Å². The third kappa shape index (κ3) is 4.92. The molecule has 0 saturated heterocycles. The molecule has 0 atom stereocenters. The smallest absolute Gasteiger partial charge is 0.256 e. The molecule has 4 aromatic carbocycles. The predicted molar refractivity (Wildman–Crippen MR) is 146 cm³/mol. The van der Waals surface area contributed by atoms with Crippen molar-refractivity contribution in [2.24, 2.45) is 5.73 Å². The topological polar surface area (TPSA) is 113 Å². The normalized spacial score (nSPS) is 10.8. The Morgan fingerprint density at radius 1 is 0.868 bits per heavy atom. The van der Waals surface area contributed by atoms with E-state index in [-0.39, 0.29) is 11.5 Å². The molecule has 0 unspecified atom stereocenters. The van der Waals surface area contributed by atoms with Gasteiger partial charge in [0.15, 0.2) is 0 Å². The van der Waals surface area contributed by atoms with Crippen molar-refractivity contribution in [2.45, 2.75) is 6.92 Å². The number of hydrogen-bond acceptors (Lipinski definition) is 6. The van der Waals surface area contributed by atoms with Crippen LogP contribution in [0.15, 0.2) is 85.1 Å². The number of hydrogen-bond donors (Lipinski definition) is 2. The molecule has 0 saturated carbocycles. The number of anilines is 1. The minimum atomic E-state index is -0.611. The van der Waals surface area contributed by atoms with Gasteiger partial charge in [-0.15, -0.1) is 0 Å². The number of nitrogens with two attached hydrogens (primary N) is 1. The summed E-state index contributed by atoms with van der Waals surface area (Å²) in [5.74, 6) is 1.32. The molecule has 0 aliphatic carbocycles. The number of pyridine rings is 1. The first-order valence-corrected chi connectivity index (χ1v) is 12.0. The van der Waals surface area contributed by atoms with Crippen molar-refractivity contribution in [1.29, 1.82) is 0 Å². The predicted octanol–water partition coefficient (Wildman–Crippen LogP) is 5.94. The molecule has 5 rings (SSSR count). The van der Waals surface area contributed by atoms with Gasteiger partial charge in [0, 0.05) is 28.9 Å². The average molecular weight is 508 g/mol. The molecule has 3 N–H and O–H groups in total. The average Bonchev–Trinajstić information content (AvgIpc) is 2.93. The summed E-state index contributed by atoms with van der Waals surface area (Å²) in [5.41, 5.74) is 7.58.